The van der Waals surface area contributed by atoms with Gasteiger partial charge in [0.05, 0.1) is 4.90 Å². The minimum atomic E-state index is -3.95. The molecule has 0 bridgehead atoms. The van der Waals surface area contributed by atoms with Crippen molar-refractivity contribution in [2.45, 2.75) is 37.6 Å². The molecular weight excluding hydrogens is 308 g/mol. The van der Waals surface area contributed by atoms with Gasteiger partial charge in [0, 0.05) is 11.6 Å². The molecule has 1 aromatic carbocycles. The molecule has 1 saturated carbocycles. The summed E-state index contributed by atoms with van der Waals surface area (Å²) in [5.74, 6) is -1.59. The smallest absolute Gasteiger partial charge is 0.323 e. The minimum absolute atomic E-state index is 0.0943. The lowest BCUT2D eigenvalue weighted by molar-refractivity contribution is -0.137. The first-order valence-electron chi connectivity index (χ1n) is 6.78. The topological polar surface area (TPSA) is 118 Å². The van der Waals surface area contributed by atoms with E-state index in [0.29, 0.717) is 11.1 Å². The predicted molar refractivity (Wildman–Crippen MR) is 79.0 cm³/mol. The first-order chi connectivity index (χ1) is 10.1. The number of nitrogens with zero attached hydrogens (tertiary/aromatic N) is 1. The van der Waals surface area contributed by atoms with E-state index in [9.17, 15) is 18.0 Å². The molecule has 8 heteroatoms. The van der Waals surface area contributed by atoms with E-state index in [4.69, 9.17) is 10.2 Å². The number of carboxylic acids is 1. The number of carbonyl (C=O) groups excluding carboxylic acids is 1. The quantitative estimate of drug-likeness (QED) is 0.823. The van der Waals surface area contributed by atoms with Gasteiger partial charge in [-0.1, -0.05) is 0 Å². The highest BCUT2D eigenvalue weighted by atomic mass is 32.2. The number of carboxylic acid groups (broad SMARTS) is 1. The molecule has 0 radical (unpaired) electrons. The van der Waals surface area contributed by atoms with E-state index in [2.05, 4.69) is 0 Å². The Morgan fingerprint density at radius 2 is 1.91 bits per heavy atom. The Balaban J connectivity index is 2.45. The second-order valence-corrected chi connectivity index (χ2v) is 7.05. The fraction of sp³-hybridized carbons (Fsp3) is 0.429. The van der Waals surface area contributed by atoms with Crippen molar-refractivity contribution in [3.8, 4) is 0 Å². The SMILES string of the molecule is Cc1cc(C(=O)N(CC(=O)O)C2CC2)cc(S(N)(=O)=O)c1C. The van der Waals surface area contributed by atoms with Crippen LogP contribution in [0.25, 0.3) is 0 Å². The van der Waals surface area contributed by atoms with E-state index < -0.39 is 28.4 Å². The molecule has 0 heterocycles. The summed E-state index contributed by atoms with van der Waals surface area (Å²) < 4.78 is 23.3. The molecule has 3 N–H and O–H groups in total. The van der Waals surface area contributed by atoms with Crippen molar-refractivity contribution in [1.82, 2.24) is 4.90 Å². The number of carbonyl (C=O) groups is 2. The van der Waals surface area contributed by atoms with Crippen LogP contribution in [0.3, 0.4) is 0 Å². The van der Waals surface area contributed by atoms with Crippen molar-refractivity contribution < 1.29 is 23.1 Å². The molecule has 0 saturated heterocycles. The molecule has 1 aliphatic rings. The summed E-state index contributed by atoms with van der Waals surface area (Å²) in [5.41, 5.74) is 1.23. The van der Waals surface area contributed by atoms with Crippen LogP contribution in [0.1, 0.15) is 34.3 Å². The number of aliphatic carboxylic acids is 1. The molecule has 22 heavy (non-hydrogen) atoms. The van der Waals surface area contributed by atoms with E-state index in [-0.39, 0.29) is 16.5 Å². The fourth-order valence-corrected chi connectivity index (χ4v) is 3.19. The van der Waals surface area contributed by atoms with Gasteiger partial charge in [0.1, 0.15) is 6.54 Å². The van der Waals surface area contributed by atoms with Gasteiger partial charge in [-0.05, 0) is 49.9 Å². The Kier molecular flexibility index (Phi) is 4.25. The Morgan fingerprint density at radius 3 is 2.36 bits per heavy atom. The second-order valence-electron chi connectivity index (χ2n) is 5.52. The number of hydrogen-bond donors (Lipinski definition) is 2. The summed E-state index contributed by atoms with van der Waals surface area (Å²) in [4.78, 5) is 24.6. The van der Waals surface area contributed by atoms with E-state index >= 15 is 0 Å². The summed E-state index contributed by atoms with van der Waals surface area (Å²) in [7, 11) is -3.95. The molecule has 0 atom stereocenters. The van der Waals surface area contributed by atoms with Crippen LogP contribution in [0.15, 0.2) is 17.0 Å². The lowest BCUT2D eigenvalue weighted by atomic mass is 10.1. The lowest BCUT2D eigenvalue weighted by Gasteiger charge is -2.21. The van der Waals surface area contributed by atoms with E-state index in [0.717, 1.165) is 12.8 Å². The highest BCUT2D eigenvalue weighted by molar-refractivity contribution is 7.89. The van der Waals surface area contributed by atoms with Crippen LogP contribution in [0.5, 0.6) is 0 Å². The number of sulfonamides is 1. The molecule has 0 unspecified atom stereocenters. The normalized spacial score (nSPS) is 14.7. The van der Waals surface area contributed by atoms with Crippen molar-refractivity contribution in [3.05, 3.63) is 28.8 Å². The Hall–Kier alpha value is -1.93. The zero-order chi connectivity index (χ0) is 16.7. The zero-order valence-electron chi connectivity index (χ0n) is 12.4. The molecule has 0 aliphatic heterocycles. The molecule has 7 nitrogen and oxygen atoms in total. The van der Waals surface area contributed by atoms with Crippen LogP contribution < -0.4 is 5.14 Å². The van der Waals surface area contributed by atoms with Crippen molar-refractivity contribution in [2.75, 3.05) is 6.54 Å². The van der Waals surface area contributed by atoms with Crippen molar-refractivity contribution in [3.63, 3.8) is 0 Å². The zero-order valence-corrected chi connectivity index (χ0v) is 13.2. The van der Waals surface area contributed by atoms with Crippen LogP contribution >= 0.6 is 0 Å². The maximum atomic E-state index is 12.5. The Bertz CT molecular complexity index is 738. The van der Waals surface area contributed by atoms with Gasteiger partial charge >= 0.3 is 5.97 Å². The third kappa shape index (κ3) is 3.45. The van der Waals surface area contributed by atoms with Crippen molar-refractivity contribution in [1.29, 1.82) is 0 Å². The maximum Gasteiger partial charge on any atom is 0.323 e. The number of hydrogen-bond acceptors (Lipinski definition) is 4. The van der Waals surface area contributed by atoms with E-state index in [1.807, 2.05) is 0 Å². The molecule has 1 aromatic rings. The van der Waals surface area contributed by atoms with E-state index in [1.54, 1.807) is 19.9 Å². The Morgan fingerprint density at radius 1 is 1.32 bits per heavy atom. The number of aryl methyl sites for hydroxylation is 1. The average molecular weight is 326 g/mol. The monoisotopic (exact) mass is 326 g/mol. The minimum Gasteiger partial charge on any atom is -0.480 e. The van der Waals surface area contributed by atoms with Crippen LogP contribution in [-0.2, 0) is 14.8 Å². The van der Waals surface area contributed by atoms with Gasteiger partial charge in [-0.15, -0.1) is 0 Å². The van der Waals surface area contributed by atoms with Gasteiger partial charge in [0.25, 0.3) is 5.91 Å². The van der Waals surface area contributed by atoms with Gasteiger partial charge in [-0.3, -0.25) is 9.59 Å². The van der Waals surface area contributed by atoms with Crippen molar-refractivity contribution in [2.24, 2.45) is 5.14 Å². The van der Waals surface area contributed by atoms with E-state index in [1.165, 1.54) is 11.0 Å². The van der Waals surface area contributed by atoms with Crippen LogP contribution in [-0.4, -0.2) is 42.9 Å². The second kappa shape index (κ2) is 5.69. The molecule has 1 amide bonds. The fourth-order valence-electron chi connectivity index (χ4n) is 2.31. The molecule has 0 aromatic heterocycles. The molecule has 1 fully saturated rings. The first-order valence-corrected chi connectivity index (χ1v) is 8.32. The maximum absolute atomic E-state index is 12.5. The summed E-state index contributed by atoms with van der Waals surface area (Å²) in [6.07, 6.45) is 1.51. The molecule has 120 valence electrons. The summed E-state index contributed by atoms with van der Waals surface area (Å²) in [5, 5.41) is 14.1. The molecule has 1 aliphatic carbocycles. The number of amides is 1. The van der Waals surface area contributed by atoms with Gasteiger partial charge < -0.3 is 10.0 Å². The third-order valence-corrected chi connectivity index (χ3v) is 4.76. The van der Waals surface area contributed by atoms with Gasteiger partial charge in [-0.25, -0.2) is 13.6 Å². The predicted octanol–water partition coefficient (Wildman–Crippen LogP) is 0.640. The molecule has 0 spiro atoms. The number of primary sulfonamides is 1. The average Bonchev–Trinajstić information content (AvgIpc) is 3.20. The summed E-state index contributed by atoms with van der Waals surface area (Å²) in [6.45, 7) is 2.89. The summed E-state index contributed by atoms with van der Waals surface area (Å²) in [6, 6.07) is 2.68. The van der Waals surface area contributed by atoms with Crippen LogP contribution in [0.2, 0.25) is 0 Å². The van der Waals surface area contributed by atoms with Crippen LogP contribution in [0, 0.1) is 13.8 Å². The highest BCUT2D eigenvalue weighted by Gasteiger charge is 2.34. The first kappa shape index (κ1) is 16.4. The van der Waals surface area contributed by atoms with Gasteiger partial charge in [0.2, 0.25) is 10.0 Å². The largest absolute Gasteiger partial charge is 0.480 e. The highest BCUT2D eigenvalue weighted by Crippen LogP contribution is 2.29. The standard InChI is InChI=1S/C14H18N2O5S/c1-8-5-10(6-12(9(8)2)22(15,20)21)14(19)16(7-13(17)18)11-3-4-11/h5-6,11H,3-4,7H2,1-2H3,(H,17,18)(H2,15,20,21). The van der Waals surface area contributed by atoms with Crippen LogP contribution in [0.4, 0.5) is 0 Å². The van der Waals surface area contributed by atoms with Gasteiger partial charge in [-0.2, -0.15) is 0 Å². The van der Waals surface area contributed by atoms with Gasteiger partial charge in [0.15, 0.2) is 0 Å². The van der Waals surface area contributed by atoms with Crippen molar-refractivity contribution >= 4 is 21.9 Å². The third-order valence-electron chi connectivity index (χ3n) is 3.73. The molecular formula is C14H18N2O5S. The summed E-state index contributed by atoms with van der Waals surface area (Å²) >= 11 is 0. The lowest BCUT2D eigenvalue weighted by Crippen LogP contribution is -2.37. The Labute approximate surface area is 128 Å². The number of rotatable bonds is 5. The number of benzene rings is 1. The molecule has 2 rings (SSSR count). The number of nitrogens with two attached hydrogens (primary N) is 1.